The van der Waals surface area contributed by atoms with E-state index in [0.717, 1.165) is 24.3 Å². The van der Waals surface area contributed by atoms with Crippen LogP contribution in [0.3, 0.4) is 0 Å². The lowest BCUT2D eigenvalue weighted by molar-refractivity contribution is 0.862. The molecule has 1 aliphatic carbocycles. The number of nitrogens with one attached hydrogen (secondary N) is 2. The number of H-pyrrole nitrogens is 1. The average molecular weight is 229 g/mol. The van der Waals surface area contributed by atoms with E-state index in [0.29, 0.717) is 5.65 Å². The maximum atomic E-state index is 4.23. The molecule has 0 saturated carbocycles. The van der Waals surface area contributed by atoms with Gasteiger partial charge in [-0.1, -0.05) is 11.6 Å². The van der Waals surface area contributed by atoms with Crippen LogP contribution in [0.15, 0.2) is 24.3 Å². The van der Waals surface area contributed by atoms with Gasteiger partial charge in [0.25, 0.3) is 0 Å². The highest BCUT2D eigenvalue weighted by atomic mass is 15.1. The van der Waals surface area contributed by atoms with E-state index in [1.807, 2.05) is 0 Å². The SMILES string of the molecule is C1=C(CCNc2ncnc3nc[nH]c23)CCC1. The van der Waals surface area contributed by atoms with Crippen molar-refractivity contribution in [1.29, 1.82) is 0 Å². The molecule has 2 N–H and O–H groups in total. The zero-order valence-corrected chi connectivity index (χ0v) is 9.61. The van der Waals surface area contributed by atoms with Crippen molar-refractivity contribution in [3.8, 4) is 0 Å². The molecule has 88 valence electrons. The predicted molar refractivity (Wildman–Crippen MR) is 66.7 cm³/mol. The van der Waals surface area contributed by atoms with Crippen LogP contribution in [-0.4, -0.2) is 26.5 Å². The number of imidazole rings is 1. The van der Waals surface area contributed by atoms with Crippen molar-refractivity contribution < 1.29 is 0 Å². The van der Waals surface area contributed by atoms with Crippen molar-refractivity contribution in [2.75, 3.05) is 11.9 Å². The minimum Gasteiger partial charge on any atom is -0.368 e. The van der Waals surface area contributed by atoms with Crippen LogP contribution in [0.2, 0.25) is 0 Å². The molecule has 3 rings (SSSR count). The minimum absolute atomic E-state index is 0.711. The van der Waals surface area contributed by atoms with E-state index in [1.165, 1.54) is 19.3 Å². The van der Waals surface area contributed by atoms with Gasteiger partial charge in [-0.25, -0.2) is 15.0 Å². The third-order valence-electron chi connectivity index (χ3n) is 3.10. The molecule has 0 unspecified atom stereocenters. The van der Waals surface area contributed by atoms with E-state index in [9.17, 15) is 0 Å². The van der Waals surface area contributed by atoms with Crippen molar-refractivity contribution in [2.24, 2.45) is 0 Å². The summed E-state index contributed by atoms with van der Waals surface area (Å²) in [4.78, 5) is 15.5. The summed E-state index contributed by atoms with van der Waals surface area (Å²) in [6, 6.07) is 0. The number of hydrogen-bond acceptors (Lipinski definition) is 4. The highest BCUT2D eigenvalue weighted by Gasteiger charge is 2.06. The topological polar surface area (TPSA) is 66.5 Å². The molecule has 0 aliphatic heterocycles. The second-order valence-corrected chi connectivity index (χ2v) is 4.25. The molecule has 0 bridgehead atoms. The largest absolute Gasteiger partial charge is 0.368 e. The third-order valence-corrected chi connectivity index (χ3v) is 3.10. The van der Waals surface area contributed by atoms with Crippen LogP contribution in [0.4, 0.5) is 5.82 Å². The lowest BCUT2D eigenvalue weighted by Crippen LogP contribution is -2.05. The van der Waals surface area contributed by atoms with Crippen LogP contribution >= 0.6 is 0 Å². The fraction of sp³-hybridized carbons (Fsp3) is 0.417. The smallest absolute Gasteiger partial charge is 0.182 e. The van der Waals surface area contributed by atoms with Gasteiger partial charge in [0.05, 0.1) is 6.33 Å². The molecule has 0 radical (unpaired) electrons. The van der Waals surface area contributed by atoms with Gasteiger partial charge in [-0.2, -0.15) is 0 Å². The van der Waals surface area contributed by atoms with Gasteiger partial charge in [0, 0.05) is 6.54 Å². The Bertz CT molecular complexity index is 543. The molecular weight excluding hydrogens is 214 g/mol. The zero-order valence-electron chi connectivity index (χ0n) is 9.61. The van der Waals surface area contributed by atoms with E-state index in [-0.39, 0.29) is 0 Å². The second-order valence-electron chi connectivity index (χ2n) is 4.25. The highest BCUT2D eigenvalue weighted by Crippen LogP contribution is 2.21. The molecule has 0 spiro atoms. The van der Waals surface area contributed by atoms with E-state index >= 15 is 0 Å². The number of hydrogen-bond donors (Lipinski definition) is 2. The molecule has 5 heteroatoms. The molecule has 0 fully saturated rings. The quantitative estimate of drug-likeness (QED) is 0.789. The summed E-state index contributed by atoms with van der Waals surface area (Å²) in [7, 11) is 0. The first kappa shape index (κ1) is 10.3. The summed E-state index contributed by atoms with van der Waals surface area (Å²) in [5.41, 5.74) is 3.16. The lowest BCUT2D eigenvalue weighted by Gasteiger charge is -2.06. The van der Waals surface area contributed by atoms with Gasteiger partial charge >= 0.3 is 0 Å². The van der Waals surface area contributed by atoms with Gasteiger partial charge in [0.2, 0.25) is 0 Å². The van der Waals surface area contributed by atoms with Crippen molar-refractivity contribution in [2.45, 2.75) is 25.7 Å². The Morgan fingerprint density at radius 3 is 3.18 bits per heavy atom. The number of fused-ring (bicyclic) bond motifs is 1. The number of aromatic amines is 1. The highest BCUT2D eigenvalue weighted by molar-refractivity contribution is 5.81. The second kappa shape index (κ2) is 4.53. The van der Waals surface area contributed by atoms with Crippen LogP contribution in [0.5, 0.6) is 0 Å². The van der Waals surface area contributed by atoms with Gasteiger partial charge in [-0.15, -0.1) is 0 Å². The molecular formula is C12H15N5. The zero-order chi connectivity index (χ0) is 11.5. The number of nitrogens with zero attached hydrogens (tertiary/aromatic N) is 3. The van der Waals surface area contributed by atoms with Gasteiger partial charge in [0.15, 0.2) is 11.5 Å². The average Bonchev–Trinajstić information content (AvgIpc) is 2.99. The Balaban J connectivity index is 1.66. The maximum Gasteiger partial charge on any atom is 0.182 e. The molecule has 0 aromatic carbocycles. The summed E-state index contributed by atoms with van der Waals surface area (Å²) in [5.74, 6) is 0.839. The molecule has 0 saturated heterocycles. The molecule has 0 amide bonds. The monoisotopic (exact) mass is 229 g/mol. The van der Waals surface area contributed by atoms with E-state index in [1.54, 1.807) is 18.2 Å². The summed E-state index contributed by atoms with van der Waals surface area (Å²) in [5, 5.41) is 3.34. The number of rotatable bonds is 4. The molecule has 2 aromatic rings. The van der Waals surface area contributed by atoms with Crippen molar-refractivity contribution in [3.05, 3.63) is 24.3 Å². The van der Waals surface area contributed by atoms with Crippen molar-refractivity contribution in [1.82, 2.24) is 19.9 Å². The van der Waals surface area contributed by atoms with Crippen LogP contribution in [0.1, 0.15) is 25.7 Å². The Hall–Kier alpha value is -1.91. The molecule has 1 aliphatic rings. The lowest BCUT2D eigenvalue weighted by atomic mass is 10.2. The summed E-state index contributed by atoms with van der Waals surface area (Å²) in [6.07, 6.45) is 10.4. The van der Waals surface area contributed by atoms with Crippen LogP contribution < -0.4 is 5.32 Å². The Labute approximate surface area is 99.4 Å². The summed E-state index contributed by atoms with van der Waals surface area (Å²) < 4.78 is 0. The normalized spacial score (nSPS) is 15.2. The van der Waals surface area contributed by atoms with Crippen molar-refractivity contribution in [3.63, 3.8) is 0 Å². The fourth-order valence-electron chi connectivity index (χ4n) is 2.20. The molecule has 17 heavy (non-hydrogen) atoms. The first-order valence-corrected chi connectivity index (χ1v) is 5.99. The van der Waals surface area contributed by atoms with Gasteiger partial charge in [-0.05, 0) is 25.7 Å². The third kappa shape index (κ3) is 2.13. The first-order chi connectivity index (χ1) is 8.43. The van der Waals surface area contributed by atoms with E-state index in [2.05, 4.69) is 31.3 Å². The number of allylic oxidation sites excluding steroid dienone is 1. The minimum atomic E-state index is 0.711. The standard InChI is InChI=1S/C12H15N5/c1-2-4-9(3-1)5-6-13-11-10-12(15-7-14-10)17-8-16-11/h3,7-8H,1-2,4-6H2,(H2,13,14,15,16,17). The van der Waals surface area contributed by atoms with Crippen LogP contribution in [0, 0.1) is 0 Å². The molecule has 5 nitrogen and oxygen atoms in total. The Kier molecular flexibility index (Phi) is 2.73. The number of anilines is 1. The van der Waals surface area contributed by atoms with Gasteiger partial charge in [-0.3, -0.25) is 0 Å². The van der Waals surface area contributed by atoms with Gasteiger partial charge in [0.1, 0.15) is 11.8 Å². The summed E-state index contributed by atoms with van der Waals surface area (Å²) in [6.45, 7) is 0.914. The van der Waals surface area contributed by atoms with Crippen LogP contribution in [0.25, 0.3) is 11.2 Å². The Morgan fingerprint density at radius 2 is 2.29 bits per heavy atom. The van der Waals surface area contributed by atoms with Gasteiger partial charge < -0.3 is 10.3 Å². The first-order valence-electron chi connectivity index (χ1n) is 5.99. The Morgan fingerprint density at radius 1 is 1.29 bits per heavy atom. The maximum absolute atomic E-state index is 4.23. The fourth-order valence-corrected chi connectivity index (χ4v) is 2.20. The molecule has 2 aromatic heterocycles. The molecule has 2 heterocycles. The molecule has 0 atom stereocenters. The predicted octanol–water partition coefficient (Wildman–Crippen LogP) is 2.27. The van der Waals surface area contributed by atoms with Crippen LogP contribution in [-0.2, 0) is 0 Å². The van der Waals surface area contributed by atoms with E-state index < -0.39 is 0 Å². The van der Waals surface area contributed by atoms with Crippen molar-refractivity contribution >= 4 is 17.0 Å². The van der Waals surface area contributed by atoms with E-state index in [4.69, 9.17) is 0 Å². The summed E-state index contributed by atoms with van der Waals surface area (Å²) >= 11 is 0. The number of aromatic nitrogens is 4.